The summed E-state index contributed by atoms with van der Waals surface area (Å²) in [6.07, 6.45) is 0.978. The molecule has 25 heavy (non-hydrogen) atoms. The Bertz CT molecular complexity index is 918. The minimum absolute atomic E-state index is 0.0105. The maximum Gasteiger partial charge on any atom is 0.329 e. The highest BCUT2D eigenvalue weighted by Gasteiger charge is 2.30. The highest BCUT2D eigenvalue weighted by atomic mass is 79.9. The fourth-order valence-electron chi connectivity index (χ4n) is 2.41. The molecule has 0 fully saturated rings. The summed E-state index contributed by atoms with van der Waals surface area (Å²) in [5.74, 6) is -2.12. The van der Waals surface area contributed by atoms with Crippen molar-refractivity contribution in [1.29, 1.82) is 0 Å². The van der Waals surface area contributed by atoms with Crippen LogP contribution in [-0.2, 0) is 11.3 Å². The molecule has 0 bridgehead atoms. The van der Waals surface area contributed by atoms with Gasteiger partial charge in [0.05, 0.1) is 17.1 Å². The summed E-state index contributed by atoms with van der Waals surface area (Å²) in [5.41, 5.74) is 0.545. The van der Waals surface area contributed by atoms with Gasteiger partial charge in [0.25, 0.3) is 0 Å². The third-order valence-corrected chi connectivity index (χ3v) is 5.64. The number of anilines is 1. The van der Waals surface area contributed by atoms with Crippen LogP contribution in [-0.4, -0.2) is 16.1 Å². The fourth-order valence-corrected chi connectivity index (χ4v) is 4.13. The number of carboxylic acid groups (broad SMARTS) is 1. The summed E-state index contributed by atoms with van der Waals surface area (Å²) in [4.78, 5) is 13.4. The maximum atomic E-state index is 14.4. The standard InChI is InChI=1S/C17H10BrF2NO2S2/c18-10-5-4-9(12(20)6-10)8-21-16-11(19)2-1-3-13(16)25-14(17(21)24)7-15(22)23/h1-7H,8H2,(H,22,23)/b14-7-. The van der Waals surface area contributed by atoms with Gasteiger partial charge in [-0.05, 0) is 24.3 Å². The minimum Gasteiger partial charge on any atom is -0.478 e. The first-order chi connectivity index (χ1) is 11.9. The van der Waals surface area contributed by atoms with Gasteiger partial charge < -0.3 is 10.0 Å². The molecule has 0 atom stereocenters. The predicted octanol–water partition coefficient (Wildman–Crippen LogP) is 5.14. The Balaban J connectivity index is 2.09. The van der Waals surface area contributed by atoms with Gasteiger partial charge in [-0.3, -0.25) is 0 Å². The summed E-state index contributed by atoms with van der Waals surface area (Å²) in [5, 5.41) is 9.03. The van der Waals surface area contributed by atoms with Crippen molar-refractivity contribution in [1.82, 2.24) is 0 Å². The quantitative estimate of drug-likeness (QED) is 0.527. The van der Waals surface area contributed by atoms with E-state index in [0.29, 0.717) is 19.8 Å². The number of carboxylic acids is 1. The molecule has 128 valence electrons. The number of nitrogens with zero attached hydrogens (tertiary/aromatic N) is 1. The van der Waals surface area contributed by atoms with Crippen LogP contribution in [0.25, 0.3) is 0 Å². The van der Waals surface area contributed by atoms with Crippen LogP contribution in [0.1, 0.15) is 5.56 Å². The third kappa shape index (κ3) is 3.75. The second-order valence-corrected chi connectivity index (χ2v) is 7.55. The van der Waals surface area contributed by atoms with E-state index >= 15 is 0 Å². The number of hydrogen-bond acceptors (Lipinski definition) is 3. The van der Waals surface area contributed by atoms with Gasteiger partial charge in [-0.1, -0.05) is 52.0 Å². The normalized spacial score (nSPS) is 15.4. The first kappa shape index (κ1) is 18.0. The summed E-state index contributed by atoms with van der Waals surface area (Å²) >= 11 is 9.62. The zero-order valence-electron chi connectivity index (χ0n) is 12.5. The van der Waals surface area contributed by atoms with E-state index in [-0.39, 0.29) is 17.2 Å². The molecule has 0 saturated carbocycles. The van der Waals surface area contributed by atoms with Gasteiger partial charge in [0.2, 0.25) is 0 Å². The molecule has 3 rings (SSSR count). The molecule has 2 aromatic rings. The van der Waals surface area contributed by atoms with E-state index in [9.17, 15) is 13.6 Å². The molecule has 0 aromatic heterocycles. The Morgan fingerprint density at radius 3 is 2.72 bits per heavy atom. The molecule has 1 aliphatic rings. The lowest BCUT2D eigenvalue weighted by Crippen LogP contribution is -2.33. The van der Waals surface area contributed by atoms with E-state index in [1.54, 1.807) is 18.2 Å². The Kier molecular flexibility index (Phi) is 5.21. The van der Waals surface area contributed by atoms with Gasteiger partial charge in [-0.25, -0.2) is 13.6 Å². The van der Waals surface area contributed by atoms with Crippen molar-refractivity contribution in [3.8, 4) is 0 Å². The first-order valence-corrected chi connectivity index (χ1v) is 9.05. The molecule has 0 aliphatic carbocycles. The van der Waals surface area contributed by atoms with Crippen molar-refractivity contribution in [3.63, 3.8) is 0 Å². The first-order valence-electron chi connectivity index (χ1n) is 7.03. The molecular formula is C17H10BrF2NO2S2. The molecular weight excluding hydrogens is 432 g/mol. The number of aliphatic carboxylic acids is 1. The number of para-hydroxylation sites is 1. The SMILES string of the molecule is O=C(O)/C=C1\Sc2cccc(F)c2N(Cc2ccc(Br)cc2F)C1=S. The molecule has 0 amide bonds. The number of carbonyl (C=O) groups is 1. The molecule has 1 heterocycles. The molecule has 0 spiro atoms. The van der Waals surface area contributed by atoms with E-state index in [1.807, 2.05) is 0 Å². The van der Waals surface area contributed by atoms with Crippen molar-refractivity contribution in [2.75, 3.05) is 4.90 Å². The van der Waals surface area contributed by atoms with Crippen LogP contribution in [0.4, 0.5) is 14.5 Å². The average molecular weight is 442 g/mol. The van der Waals surface area contributed by atoms with Crippen molar-refractivity contribution in [2.45, 2.75) is 11.4 Å². The maximum absolute atomic E-state index is 14.4. The number of fused-ring (bicyclic) bond motifs is 1. The predicted molar refractivity (Wildman–Crippen MR) is 101 cm³/mol. The minimum atomic E-state index is -1.15. The zero-order chi connectivity index (χ0) is 18.1. The van der Waals surface area contributed by atoms with E-state index in [0.717, 1.165) is 17.8 Å². The lowest BCUT2D eigenvalue weighted by Gasteiger charge is -2.33. The lowest BCUT2D eigenvalue weighted by molar-refractivity contribution is -0.131. The molecule has 1 N–H and O–H groups in total. The number of benzene rings is 2. The van der Waals surface area contributed by atoms with Crippen LogP contribution in [0.15, 0.2) is 56.7 Å². The van der Waals surface area contributed by atoms with Gasteiger partial charge in [-0.2, -0.15) is 0 Å². The summed E-state index contributed by atoms with van der Waals surface area (Å²) in [6, 6.07) is 9.06. The zero-order valence-corrected chi connectivity index (χ0v) is 15.7. The second kappa shape index (κ2) is 7.23. The average Bonchev–Trinajstić information content (AvgIpc) is 2.53. The van der Waals surface area contributed by atoms with E-state index in [1.165, 1.54) is 23.1 Å². The topological polar surface area (TPSA) is 40.5 Å². The number of halogens is 3. The fraction of sp³-hybridized carbons (Fsp3) is 0.0588. The third-order valence-electron chi connectivity index (χ3n) is 3.49. The Morgan fingerprint density at radius 1 is 1.28 bits per heavy atom. The van der Waals surface area contributed by atoms with Gasteiger partial charge in [0.1, 0.15) is 16.6 Å². The molecule has 0 saturated heterocycles. The van der Waals surface area contributed by atoms with E-state index < -0.39 is 17.6 Å². The van der Waals surface area contributed by atoms with E-state index in [2.05, 4.69) is 15.9 Å². The van der Waals surface area contributed by atoms with Crippen molar-refractivity contribution in [3.05, 3.63) is 69.0 Å². The van der Waals surface area contributed by atoms with Crippen LogP contribution in [0.3, 0.4) is 0 Å². The Morgan fingerprint density at radius 2 is 2.04 bits per heavy atom. The number of thiocarbonyl (C=S) groups is 1. The summed E-state index contributed by atoms with van der Waals surface area (Å²) < 4.78 is 29.2. The molecule has 8 heteroatoms. The molecule has 2 aromatic carbocycles. The molecule has 0 unspecified atom stereocenters. The van der Waals surface area contributed by atoms with Gasteiger partial charge in [-0.15, -0.1) is 0 Å². The van der Waals surface area contributed by atoms with Crippen molar-refractivity contribution >= 4 is 56.6 Å². The van der Waals surface area contributed by atoms with E-state index in [4.69, 9.17) is 17.3 Å². The Labute approximate surface area is 160 Å². The van der Waals surface area contributed by atoms with Gasteiger partial charge >= 0.3 is 5.97 Å². The molecule has 0 radical (unpaired) electrons. The number of hydrogen-bond donors (Lipinski definition) is 1. The van der Waals surface area contributed by atoms with Crippen molar-refractivity contribution in [2.24, 2.45) is 0 Å². The van der Waals surface area contributed by atoms with Crippen LogP contribution in [0.2, 0.25) is 0 Å². The number of thioether (sulfide) groups is 1. The monoisotopic (exact) mass is 441 g/mol. The lowest BCUT2D eigenvalue weighted by atomic mass is 10.1. The van der Waals surface area contributed by atoms with Crippen LogP contribution >= 0.6 is 39.9 Å². The highest BCUT2D eigenvalue weighted by molar-refractivity contribution is 9.10. The number of rotatable bonds is 3. The summed E-state index contributed by atoms with van der Waals surface area (Å²) in [7, 11) is 0. The van der Waals surface area contributed by atoms with Crippen molar-refractivity contribution < 1.29 is 18.7 Å². The van der Waals surface area contributed by atoms with Gasteiger partial charge in [0, 0.05) is 21.0 Å². The smallest absolute Gasteiger partial charge is 0.329 e. The summed E-state index contributed by atoms with van der Waals surface area (Å²) in [6.45, 7) is -0.0105. The Hall–Kier alpha value is -1.77. The van der Waals surface area contributed by atoms with Crippen LogP contribution < -0.4 is 4.90 Å². The molecule has 3 nitrogen and oxygen atoms in total. The van der Waals surface area contributed by atoms with Crippen LogP contribution in [0.5, 0.6) is 0 Å². The largest absolute Gasteiger partial charge is 0.478 e. The van der Waals surface area contributed by atoms with Gasteiger partial charge in [0.15, 0.2) is 0 Å². The second-order valence-electron chi connectivity index (χ2n) is 5.16. The van der Waals surface area contributed by atoms with Crippen LogP contribution in [0, 0.1) is 11.6 Å². The highest BCUT2D eigenvalue weighted by Crippen LogP contribution is 2.44. The molecule has 1 aliphatic heterocycles.